The number of carboxylic acids is 1. The summed E-state index contributed by atoms with van der Waals surface area (Å²) in [5.74, 6) is -0.718. The van der Waals surface area contributed by atoms with Gasteiger partial charge in [-0.15, -0.1) is 0 Å². The highest BCUT2D eigenvalue weighted by Crippen LogP contribution is 2.17. The zero-order chi connectivity index (χ0) is 11.4. The maximum absolute atomic E-state index is 10.6. The van der Waals surface area contributed by atoms with Crippen molar-refractivity contribution in [2.24, 2.45) is 5.41 Å². The van der Waals surface area contributed by atoms with Crippen molar-refractivity contribution in [1.29, 1.82) is 0 Å². The van der Waals surface area contributed by atoms with Crippen molar-refractivity contribution in [1.82, 2.24) is 4.90 Å². The number of hydrogen-bond acceptors (Lipinski definition) is 2. The van der Waals surface area contributed by atoms with Gasteiger partial charge in [0.05, 0.1) is 6.42 Å². The maximum Gasteiger partial charge on any atom is 0.304 e. The Morgan fingerprint density at radius 3 is 2.21 bits per heavy atom. The standard InChI is InChI=1S/C11H23NO2/c1-6-12(8-11(3,4)5)9(2)7-10(13)14/h9H,6-8H2,1-5H3,(H,13,14). The summed E-state index contributed by atoms with van der Waals surface area (Å²) >= 11 is 0. The second kappa shape index (κ2) is 5.35. The minimum Gasteiger partial charge on any atom is -0.481 e. The van der Waals surface area contributed by atoms with Crippen molar-refractivity contribution in [2.75, 3.05) is 13.1 Å². The molecular weight excluding hydrogens is 178 g/mol. The number of nitrogens with zero attached hydrogens (tertiary/aromatic N) is 1. The van der Waals surface area contributed by atoms with Gasteiger partial charge in [0.15, 0.2) is 0 Å². The molecule has 84 valence electrons. The molecule has 0 aromatic rings. The number of carbonyl (C=O) groups is 1. The van der Waals surface area contributed by atoms with Crippen LogP contribution in [-0.4, -0.2) is 35.1 Å². The fraction of sp³-hybridized carbons (Fsp3) is 0.909. The van der Waals surface area contributed by atoms with Crippen molar-refractivity contribution in [3.8, 4) is 0 Å². The largest absolute Gasteiger partial charge is 0.481 e. The zero-order valence-electron chi connectivity index (χ0n) is 10.0. The van der Waals surface area contributed by atoms with Gasteiger partial charge in [-0.05, 0) is 18.9 Å². The summed E-state index contributed by atoms with van der Waals surface area (Å²) in [7, 11) is 0. The maximum atomic E-state index is 10.6. The van der Waals surface area contributed by atoms with Crippen LogP contribution in [0, 0.1) is 5.41 Å². The van der Waals surface area contributed by atoms with Crippen LogP contribution in [-0.2, 0) is 4.79 Å². The Labute approximate surface area is 87.1 Å². The molecule has 1 unspecified atom stereocenters. The average molecular weight is 201 g/mol. The number of hydrogen-bond donors (Lipinski definition) is 1. The van der Waals surface area contributed by atoms with Crippen LogP contribution >= 0.6 is 0 Å². The van der Waals surface area contributed by atoms with Crippen LogP contribution in [0.5, 0.6) is 0 Å². The molecule has 0 heterocycles. The monoisotopic (exact) mass is 201 g/mol. The smallest absolute Gasteiger partial charge is 0.304 e. The SMILES string of the molecule is CCN(CC(C)(C)C)C(C)CC(=O)O. The molecule has 0 aliphatic carbocycles. The molecule has 0 spiro atoms. The predicted molar refractivity (Wildman–Crippen MR) is 58.4 cm³/mol. The Hall–Kier alpha value is -0.570. The number of carboxylic acid groups (broad SMARTS) is 1. The minimum atomic E-state index is -0.718. The van der Waals surface area contributed by atoms with Crippen LogP contribution in [0.4, 0.5) is 0 Å². The fourth-order valence-electron chi connectivity index (χ4n) is 1.57. The molecule has 0 aromatic carbocycles. The molecule has 0 aromatic heterocycles. The second-order valence-electron chi connectivity index (χ2n) is 5.07. The molecule has 0 amide bonds. The lowest BCUT2D eigenvalue weighted by Crippen LogP contribution is -2.40. The summed E-state index contributed by atoms with van der Waals surface area (Å²) in [5, 5.41) is 8.70. The van der Waals surface area contributed by atoms with Gasteiger partial charge in [-0.1, -0.05) is 27.7 Å². The van der Waals surface area contributed by atoms with Crippen LogP contribution in [0.2, 0.25) is 0 Å². The van der Waals surface area contributed by atoms with Crippen LogP contribution in [0.1, 0.15) is 41.0 Å². The van der Waals surface area contributed by atoms with E-state index in [0.29, 0.717) is 0 Å². The zero-order valence-corrected chi connectivity index (χ0v) is 10.0. The average Bonchev–Trinajstić information content (AvgIpc) is 1.96. The van der Waals surface area contributed by atoms with Crippen molar-refractivity contribution in [3.63, 3.8) is 0 Å². The van der Waals surface area contributed by atoms with E-state index in [4.69, 9.17) is 5.11 Å². The first-order valence-corrected chi connectivity index (χ1v) is 5.22. The van der Waals surface area contributed by atoms with E-state index >= 15 is 0 Å². The summed E-state index contributed by atoms with van der Waals surface area (Å²) in [4.78, 5) is 12.8. The Kier molecular flexibility index (Phi) is 5.13. The Morgan fingerprint density at radius 2 is 1.93 bits per heavy atom. The number of rotatable bonds is 5. The first-order valence-electron chi connectivity index (χ1n) is 5.22. The fourth-order valence-corrected chi connectivity index (χ4v) is 1.57. The highest BCUT2D eigenvalue weighted by molar-refractivity contribution is 5.67. The molecule has 1 atom stereocenters. The Bertz CT molecular complexity index is 184. The van der Waals surface area contributed by atoms with Gasteiger partial charge in [0.1, 0.15) is 0 Å². The van der Waals surface area contributed by atoms with Gasteiger partial charge in [-0.2, -0.15) is 0 Å². The van der Waals surface area contributed by atoms with E-state index in [2.05, 4.69) is 32.6 Å². The number of aliphatic carboxylic acids is 1. The van der Waals surface area contributed by atoms with E-state index in [1.165, 1.54) is 0 Å². The van der Waals surface area contributed by atoms with E-state index in [0.717, 1.165) is 13.1 Å². The molecule has 3 nitrogen and oxygen atoms in total. The summed E-state index contributed by atoms with van der Waals surface area (Å²) in [6.45, 7) is 12.4. The third kappa shape index (κ3) is 5.97. The third-order valence-electron chi connectivity index (χ3n) is 2.18. The van der Waals surface area contributed by atoms with Gasteiger partial charge in [-0.3, -0.25) is 9.69 Å². The van der Waals surface area contributed by atoms with Crippen LogP contribution in [0.3, 0.4) is 0 Å². The molecule has 0 fully saturated rings. The van der Waals surface area contributed by atoms with E-state index in [-0.39, 0.29) is 17.9 Å². The van der Waals surface area contributed by atoms with Gasteiger partial charge in [0.2, 0.25) is 0 Å². The lowest BCUT2D eigenvalue weighted by atomic mass is 9.95. The summed E-state index contributed by atoms with van der Waals surface area (Å²) < 4.78 is 0. The van der Waals surface area contributed by atoms with E-state index in [9.17, 15) is 4.79 Å². The van der Waals surface area contributed by atoms with Gasteiger partial charge >= 0.3 is 5.97 Å². The minimum absolute atomic E-state index is 0.122. The second-order valence-corrected chi connectivity index (χ2v) is 5.07. The predicted octanol–water partition coefficient (Wildman–Crippen LogP) is 2.22. The topological polar surface area (TPSA) is 40.5 Å². The third-order valence-corrected chi connectivity index (χ3v) is 2.18. The van der Waals surface area contributed by atoms with Gasteiger partial charge in [0, 0.05) is 12.6 Å². The Morgan fingerprint density at radius 1 is 1.43 bits per heavy atom. The van der Waals surface area contributed by atoms with Crippen molar-refractivity contribution >= 4 is 5.97 Å². The molecule has 3 heteroatoms. The van der Waals surface area contributed by atoms with Crippen molar-refractivity contribution < 1.29 is 9.90 Å². The molecule has 14 heavy (non-hydrogen) atoms. The molecule has 0 bridgehead atoms. The molecule has 0 aliphatic heterocycles. The van der Waals surface area contributed by atoms with E-state index in [1.807, 2.05) is 6.92 Å². The van der Waals surface area contributed by atoms with Gasteiger partial charge < -0.3 is 5.11 Å². The van der Waals surface area contributed by atoms with Crippen LogP contribution in [0.25, 0.3) is 0 Å². The quantitative estimate of drug-likeness (QED) is 0.741. The molecule has 0 saturated heterocycles. The van der Waals surface area contributed by atoms with Crippen LogP contribution < -0.4 is 0 Å². The molecule has 0 radical (unpaired) electrons. The molecule has 0 rings (SSSR count). The summed E-state index contributed by atoms with van der Waals surface area (Å²) in [5.41, 5.74) is 0.225. The van der Waals surface area contributed by atoms with Crippen molar-refractivity contribution in [3.05, 3.63) is 0 Å². The van der Waals surface area contributed by atoms with Gasteiger partial charge in [0.25, 0.3) is 0 Å². The first-order chi connectivity index (χ1) is 6.26. The molecule has 0 aliphatic rings. The van der Waals surface area contributed by atoms with E-state index < -0.39 is 5.97 Å². The molecule has 1 N–H and O–H groups in total. The summed E-state index contributed by atoms with van der Waals surface area (Å²) in [6, 6.07) is 0.122. The molecular formula is C11H23NO2. The first kappa shape index (κ1) is 13.4. The van der Waals surface area contributed by atoms with Crippen molar-refractivity contribution in [2.45, 2.75) is 47.1 Å². The van der Waals surface area contributed by atoms with Gasteiger partial charge in [-0.25, -0.2) is 0 Å². The highest BCUT2D eigenvalue weighted by atomic mass is 16.4. The summed E-state index contributed by atoms with van der Waals surface area (Å²) in [6.07, 6.45) is 0.226. The Balaban J connectivity index is 4.19. The van der Waals surface area contributed by atoms with E-state index in [1.54, 1.807) is 0 Å². The normalized spacial score (nSPS) is 14.4. The lowest BCUT2D eigenvalue weighted by Gasteiger charge is -2.33. The highest BCUT2D eigenvalue weighted by Gasteiger charge is 2.20. The molecule has 0 saturated carbocycles. The lowest BCUT2D eigenvalue weighted by molar-refractivity contribution is -0.138. The van der Waals surface area contributed by atoms with Crippen LogP contribution in [0.15, 0.2) is 0 Å².